The van der Waals surface area contributed by atoms with Crippen LogP contribution in [0.3, 0.4) is 0 Å². The SMILES string of the molecule is COc1cccc(C(C)Nc2nnc(-c3ccc(F)c(C#N)c3)o2)c1. The summed E-state index contributed by atoms with van der Waals surface area (Å²) in [4.78, 5) is 0. The number of hydrogen-bond donors (Lipinski definition) is 1. The summed E-state index contributed by atoms with van der Waals surface area (Å²) in [5.41, 5.74) is 1.40. The molecule has 6 nitrogen and oxygen atoms in total. The fraction of sp³-hybridized carbons (Fsp3) is 0.167. The number of halogens is 1. The minimum absolute atomic E-state index is 0.0741. The molecule has 0 aliphatic carbocycles. The molecule has 1 aromatic heterocycles. The molecule has 0 aliphatic heterocycles. The third-order valence-corrected chi connectivity index (χ3v) is 3.69. The zero-order valence-corrected chi connectivity index (χ0v) is 13.7. The van der Waals surface area contributed by atoms with Crippen LogP contribution < -0.4 is 10.1 Å². The van der Waals surface area contributed by atoms with E-state index < -0.39 is 5.82 Å². The number of methoxy groups -OCH3 is 1. The Balaban J connectivity index is 1.78. The van der Waals surface area contributed by atoms with Crippen LogP contribution in [0, 0.1) is 17.1 Å². The number of aromatic nitrogens is 2. The number of ether oxygens (including phenoxy) is 1. The average Bonchev–Trinajstić information content (AvgIpc) is 3.10. The molecule has 0 saturated carbocycles. The second-order valence-corrected chi connectivity index (χ2v) is 5.36. The van der Waals surface area contributed by atoms with Crippen molar-refractivity contribution >= 4 is 6.01 Å². The van der Waals surface area contributed by atoms with Gasteiger partial charge in [0.25, 0.3) is 0 Å². The van der Waals surface area contributed by atoms with Gasteiger partial charge in [-0.25, -0.2) is 4.39 Å². The van der Waals surface area contributed by atoms with Crippen molar-refractivity contribution in [3.05, 3.63) is 59.4 Å². The van der Waals surface area contributed by atoms with Crippen LogP contribution in [-0.4, -0.2) is 17.3 Å². The van der Waals surface area contributed by atoms with Crippen molar-refractivity contribution in [3.8, 4) is 23.3 Å². The first kappa shape index (κ1) is 16.5. The molecule has 1 atom stereocenters. The Kier molecular flexibility index (Phi) is 4.61. The van der Waals surface area contributed by atoms with Crippen molar-refractivity contribution < 1.29 is 13.5 Å². The predicted molar refractivity (Wildman–Crippen MR) is 89.4 cm³/mol. The number of rotatable bonds is 5. The van der Waals surface area contributed by atoms with Gasteiger partial charge in [-0.05, 0) is 42.8 Å². The van der Waals surface area contributed by atoms with Crippen molar-refractivity contribution in [1.29, 1.82) is 5.26 Å². The van der Waals surface area contributed by atoms with Crippen LogP contribution in [0.25, 0.3) is 11.5 Å². The zero-order chi connectivity index (χ0) is 17.8. The second kappa shape index (κ2) is 7.01. The van der Waals surface area contributed by atoms with Gasteiger partial charge in [0.15, 0.2) is 0 Å². The van der Waals surface area contributed by atoms with Crippen molar-refractivity contribution in [2.75, 3.05) is 12.4 Å². The predicted octanol–water partition coefficient (Wildman–Crippen LogP) is 3.93. The molecule has 1 unspecified atom stereocenters. The lowest BCUT2D eigenvalue weighted by atomic mass is 10.1. The van der Waals surface area contributed by atoms with Crippen molar-refractivity contribution in [3.63, 3.8) is 0 Å². The summed E-state index contributed by atoms with van der Waals surface area (Å²) in [5.74, 6) is 0.375. The van der Waals surface area contributed by atoms with Gasteiger partial charge < -0.3 is 14.5 Å². The maximum atomic E-state index is 13.4. The summed E-state index contributed by atoms with van der Waals surface area (Å²) in [5, 5.41) is 19.9. The molecule has 0 spiro atoms. The monoisotopic (exact) mass is 338 g/mol. The molecule has 0 saturated heterocycles. The fourth-order valence-corrected chi connectivity index (χ4v) is 2.32. The van der Waals surface area contributed by atoms with Gasteiger partial charge in [-0.3, -0.25) is 0 Å². The average molecular weight is 338 g/mol. The lowest BCUT2D eigenvalue weighted by molar-refractivity contribution is 0.414. The maximum Gasteiger partial charge on any atom is 0.316 e. The summed E-state index contributed by atoms with van der Waals surface area (Å²) in [7, 11) is 1.61. The molecule has 1 heterocycles. The van der Waals surface area contributed by atoms with Crippen LogP contribution in [0.15, 0.2) is 46.9 Å². The van der Waals surface area contributed by atoms with E-state index in [1.807, 2.05) is 31.2 Å². The molecule has 0 radical (unpaired) electrons. The molecule has 0 fully saturated rings. The Morgan fingerprint density at radius 2 is 2.08 bits per heavy atom. The summed E-state index contributed by atoms with van der Waals surface area (Å²) >= 11 is 0. The van der Waals surface area contributed by atoms with Gasteiger partial charge in [-0.2, -0.15) is 5.26 Å². The van der Waals surface area contributed by atoms with E-state index in [1.54, 1.807) is 13.2 Å². The van der Waals surface area contributed by atoms with Crippen LogP contribution in [0.2, 0.25) is 0 Å². The van der Waals surface area contributed by atoms with E-state index in [0.717, 1.165) is 11.3 Å². The molecule has 1 N–H and O–H groups in total. The largest absolute Gasteiger partial charge is 0.497 e. The molecule has 0 bridgehead atoms. The van der Waals surface area contributed by atoms with E-state index in [4.69, 9.17) is 14.4 Å². The lowest BCUT2D eigenvalue weighted by Crippen LogP contribution is -2.06. The molecule has 2 aromatic carbocycles. The van der Waals surface area contributed by atoms with Crippen molar-refractivity contribution in [2.24, 2.45) is 0 Å². The second-order valence-electron chi connectivity index (χ2n) is 5.36. The first-order valence-corrected chi connectivity index (χ1v) is 7.54. The van der Waals surface area contributed by atoms with Crippen LogP contribution >= 0.6 is 0 Å². The third-order valence-electron chi connectivity index (χ3n) is 3.69. The normalized spacial score (nSPS) is 11.6. The number of benzene rings is 2. The van der Waals surface area contributed by atoms with Crippen LogP contribution in [-0.2, 0) is 0 Å². The van der Waals surface area contributed by atoms with Crippen molar-refractivity contribution in [2.45, 2.75) is 13.0 Å². The van der Waals surface area contributed by atoms with Crippen molar-refractivity contribution in [1.82, 2.24) is 10.2 Å². The van der Waals surface area contributed by atoms with Gasteiger partial charge in [-0.15, -0.1) is 5.10 Å². The van der Waals surface area contributed by atoms with E-state index >= 15 is 0 Å². The summed E-state index contributed by atoms with van der Waals surface area (Å²) in [6.07, 6.45) is 0. The van der Waals surface area contributed by atoms with E-state index in [9.17, 15) is 4.39 Å². The Bertz CT molecular complexity index is 933. The van der Waals surface area contributed by atoms with Gasteiger partial charge in [-0.1, -0.05) is 17.2 Å². The van der Waals surface area contributed by atoms with E-state index in [0.29, 0.717) is 5.56 Å². The summed E-state index contributed by atoms with van der Waals surface area (Å²) < 4.78 is 24.2. The number of nitrogens with zero attached hydrogens (tertiary/aromatic N) is 3. The molecular formula is C18H15FN4O2. The Morgan fingerprint density at radius 1 is 1.24 bits per heavy atom. The van der Waals surface area contributed by atoms with Gasteiger partial charge in [0.1, 0.15) is 17.6 Å². The molecule has 0 amide bonds. The molecule has 126 valence electrons. The molecule has 7 heteroatoms. The first-order valence-electron chi connectivity index (χ1n) is 7.54. The van der Waals surface area contributed by atoms with Gasteiger partial charge >= 0.3 is 6.01 Å². The van der Waals surface area contributed by atoms with E-state index in [1.165, 1.54) is 18.2 Å². The Hall–Kier alpha value is -3.40. The zero-order valence-electron chi connectivity index (χ0n) is 13.7. The molecule has 3 aromatic rings. The highest BCUT2D eigenvalue weighted by Gasteiger charge is 2.14. The van der Waals surface area contributed by atoms with E-state index in [2.05, 4.69) is 15.5 Å². The van der Waals surface area contributed by atoms with Gasteiger partial charge in [0.2, 0.25) is 5.89 Å². The number of nitriles is 1. The number of nitrogens with one attached hydrogen (secondary N) is 1. The van der Waals surface area contributed by atoms with Gasteiger partial charge in [0.05, 0.1) is 18.7 Å². The Labute approximate surface area is 143 Å². The quantitative estimate of drug-likeness (QED) is 0.759. The topological polar surface area (TPSA) is 84.0 Å². The number of hydrogen-bond acceptors (Lipinski definition) is 6. The number of anilines is 1. The highest BCUT2D eigenvalue weighted by molar-refractivity contribution is 5.57. The molecular weight excluding hydrogens is 323 g/mol. The smallest absolute Gasteiger partial charge is 0.316 e. The third kappa shape index (κ3) is 3.58. The highest BCUT2D eigenvalue weighted by atomic mass is 19.1. The Morgan fingerprint density at radius 3 is 2.84 bits per heavy atom. The summed E-state index contributed by atoms with van der Waals surface area (Å²) in [6.45, 7) is 1.95. The molecule has 0 aliphatic rings. The minimum Gasteiger partial charge on any atom is -0.497 e. The summed E-state index contributed by atoms with van der Waals surface area (Å²) in [6, 6.07) is 13.6. The van der Waals surface area contributed by atoms with Crippen LogP contribution in [0.4, 0.5) is 10.4 Å². The minimum atomic E-state index is -0.587. The lowest BCUT2D eigenvalue weighted by Gasteiger charge is -2.13. The molecule has 3 rings (SSSR count). The first-order chi connectivity index (χ1) is 12.1. The van der Waals surface area contributed by atoms with Gasteiger partial charge in [0, 0.05) is 5.56 Å². The standard InChI is InChI=1S/C18H15FN4O2/c1-11(12-4-3-5-15(9-12)24-2)21-18-23-22-17(25-18)13-6-7-16(19)14(8-13)10-20/h3-9,11H,1-2H3,(H,21,23). The highest BCUT2D eigenvalue weighted by Crippen LogP contribution is 2.25. The van der Waals surface area contributed by atoms with E-state index in [-0.39, 0.29) is 23.5 Å². The van der Waals surface area contributed by atoms with Crippen LogP contribution in [0.1, 0.15) is 24.1 Å². The molecule has 25 heavy (non-hydrogen) atoms. The fourth-order valence-electron chi connectivity index (χ4n) is 2.32. The maximum absolute atomic E-state index is 13.4. The van der Waals surface area contributed by atoms with Crippen LogP contribution in [0.5, 0.6) is 5.75 Å².